The minimum Gasteiger partial charge on any atom is -0.0808 e. The minimum absolute atomic E-state index is 0.779. The zero-order chi connectivity index (χ0) is 11.9. The van der Waals surface area contributed by atoms with Gasteiger partial charge >= 0.3 is 0 Å². The zero-order valence-corrected chi connectivity index (χ0v) is 12.5. The highest BCUT2D eigenvalue weighted by Crippen LogP contribution is 2.47. The molecule has 0 bridgehead atoms. The Bertz CT molecular complexity index is 330. The average Bonchev–Trinajstić information content (AvgIpc) is 2.22. The Balaban J connectivity index is 2.22. The quantitative estimate of drug-likeness (QED) is 0.559. The van der Waals surface area contributed by atoms with Crippen molar-refractivity contribution < 1.29 is 0 Å². The molecule has 0 heterocycles. The van der Waals surface area contributed by atoms with Crippen LogP contribution in [0.3, 0.4) is 0 Å². The lowest BCUT2D eigenvalue weighted by atomic mass is 9.72. The summed E-state index contributed by atoms with van der Waals surface area (Å²) in [5, 5.41) is 0. The van der Waals surface area contributed by atoms with E-state index in [-0.39, 0.29) is 0 Å². The Hall–Kier alpha value is -0.303. The third-order valence-corrected chi connectivity index (χ3v) is 7.70. The van der Waals surface area contributed by atoms with Crippen molar-refractivity contribution in [3.63, 3.8) is 0 Å². The number of allylic oxidation sites excluding steroid dienone is 4. The van der Waals surface area contributed by atoms with E-state index < -0.39 is 8.07 Å². The highest BCUT2D eigenvalue weighted by atomic mass is 28.3. The molecule has 2 aliphatic carbocycles. The van der Waals surface area contributed by atoms with Crippen molar-refractivity contribution in [2.75, 3.05) is 0 Å². The van der Waals surface area contributed by atoms with E-state index in [0.717, 1.165) is 17.4 Å². The molecule has 2 aliphatic rings. The topological polar surface area (TPSA) is 0 Å². The first-order chi connectivity index (χ1) is 7.39. The van der Waals surface area contributed by atoms with Gasteiger partial charge in [-0.15, -0.1) is 0 Å². The van der Waals surface area contributed by atoms with Crippen molar-refractivity contribution in [2.45, 2.75) is 58.3 Å². The Labute approximate surface area is 102 Å². The molecule has 0 amide bonds. The van der Waals surface area contributed by atoms with Gasteiger partial charge in [-0.3, -0.25) is 0 Å². The maximum Gasteiger partial charge on any atom is 0.0476 e. The minimum atomic E-state index is -0.943. The predicted molar refractivity (Wildman–Crippen MR) is 75.4 cm³/mol. The van der Waals surface area contributed by atoms with Crippen molar-refractivity contribution in [3.8, 4) is 0 Å². The van der Waals surface area contributed by atoms with Gasteiger partial charge in [0.25, 0.3) is 0 Å². The third-order valence-electron chi connectivity index (χ3n) is 4.76. The fourth-order valence-electron chi connectivity index (χ4n) is 3.38. The van der Waals surface area contributed by atoms with Crippen LogP contribution in [0.15, 0.2) is 23.3 Å². The largest absolute Gasteiger partial charge is 0.0808 e. The Morgan fingerprint density at radius 1 is 1.19 bits per heavy atom. The van der Waals surface area contributed by atoms with Crippen LogP contribution in [0.5, 0.6) is 0 Å². The summed E-state index contributed by atoms with van der Waals surface area (Å²) in [6, 6.07) is 0. The molecule has 0 saturated heterocycles. The second-order valence-electron chi connectivity index (χ2n) is 6.88. The lowest BCUT2D eigenvalue weighted by Gasteiger charge is -2.41. The molecule has 1 fully saturated rings. The maximum atomic E-state index is 2.54. The molecule has 1 heteroatoms. The van der Waals surface area contributed by atoms with Gasteiger partial charge in [-0.25, -0.2) is 0 Å². The molecular formula is C15H26Si. The van der Waals surface area contributed by atoms with E-state index in [9.17, 15) is 0 Å². The van der Waals surface area contributed by atoms with Crippen molar-refractivity contribution in [1.29, 1.82) is 0 Å². The Kier molecular flexibility index (Phi) is 3.17. The van der Waals surface area contributed by atoms with Crippen LogP contribution in [0.2, 0.25) is 25.2 Å². The maximum absolute atomic E-state index is 2.54. The summed E-state index contributed by atoms with van der Waals surface area (Å²) in [7, 11) is -0.943. The normalized spacial score (nSPS) is 35.2. The third kappa shape index (κ3) is 2.20. The second kappa shape index (κ2) is 4.18. The van der Waals surface area contributed by atoms with Gasteiger partial charge in [0, 0.05) is 8.07 Å². The standard InChI is InChI=1S/C15H26Si/c1-11-6-7-12(2)15-10-13(16(3,4)5)8-9-14(11)15/h6-7,11,13-14H,8-10H2,1-5H3. The van der Waals surface area contributed by atoms with Crippen LogP contribution in [0.4, 0.5) is 0 Å². The van der Waals surface area contributed by atoms with Gasteiger partial charge in [-0.2, -0.15) is 0 Å². The van der Waals surface area contributed by atoms with Crippen LogP contribution >= 0.6 is 0 Å². The Morgan fingerprint density at radius 2 is 1.88 bits per heavy atom. The zero-order valence-electron chi connectivity index (χ0n) is 11.5. The van der Waals surface area contributed by atoms with E-state index in [1.54, 1.807) is 11.1 Å². The van der Waals surface area contributed by atoms with Crippen LogP contribution in [0, 0.1) is 11.8 Å². The van der Waals surface area contributed by atoms with Gasteiger partial charge in [0.2, 0.25) is 0 Å². The molecule has 16 heavy (non-hydrogen) atoms. The number of fused-ring (bicyclic) bond motifs is 1. The summed E-state index contributed by atoms with van der Waals surface area (Å²) in [4.78, 5) is 0. The number of rotatable bonds is 1. The molecule has 0 aromatic carbocycles. The molecule has 3 atom stereocenters. The van der Waals surface area contributed by atoms with Gasteiger partial charge < -0.3 is 0 Å². The van der Waals surface area contributed by atoms with Gasteiger partial charge in [0.05, 0.1) is 0 Å². The average molecular weight is 234 g/mol. The van der Waals surface area contributed by atoms with Crippen molar-refractivity contribution in [3.05, 3.63) is 23.3 Å². The molecule has 0 N–H and O–H groups in total. The highest BCUT2D eigenvalue weighted by Gasteiger charge is 2.36. The number of hydrogen-bond donors (Lipinski definition) is 0. The molecule has 0 aromatic heterocycles. The molecule has 0 aromatic rings. The van der Waals surface area contributed by atoms with E-state index in [4.69, 9.17) is 0 Å². The molecule has 90 valence electrons. The fraction of sp³-hybridized carbons (Fsp3) is 0.733. The van der Waals surface area contributed by atoms with Crippen molar-refractivity contribution >= 4 is 8.07 Å². The van der Waals surface area contributed by atoms with E-state index in [2.05, 4.69) is 45.6 Å². The first-order valence-electron chi connectivity index (χ1n) is 6.77. The summed E-state index contributed by atoms with van der Waals surface area (Å²) in [5.41, 5.74) is 4.40. The lowest BCUT2D eigenvalue weighted by Crippen LogP contribution is -2.34. The second-order valence-corrected chi connectivity index (χ2v) is 12.4. The van der Waals surface area contributed by atoms with Crippen molar-refractivity contribution in [1.82, 2.24) is 0 Å². The molecule has 1 saturated carbocycles. The van der Waals surface area contributed by atoms with Gasteiger partial charge in [-0.05, 0) is 37.1 Å². The molecule has 0 aliphatic heterocycles. The Morgan fingerprint density at radius 3 is 2.50 bits per heavy atom. The summed E-state index contributed by atoms with van der Waals surface area (Å²) in [6.45, 7) is 12.3. The first kappa shape index (κ1) is 12.2. The molecule has 2 rings (SSSR count). The predicted octanol–water partition coefficient (Wildman–Crippen LogP) is 5.02. The smallest absolute Gasteiger partial charge is 0.0476 e. The SMILES string of the molecule is CC1=C2CC([Si](C)(C)C)CCC2C(C)C=C1. The van der Waals surface area contributed by atoms with E-state index in [1.165, 1.54) is 19.3 Å². The van der Waals surface area contributed by atoms with E-state index >= 15 is 0 Å². The first-order valence-corrected chi connectivity index (χ1v) is 10.3. The number of hydrogen-bond acceptors (Lipinski definition) is 0. The van der Waals surface area contributed by atoms with Crippen LogP contribution in [0.1, 0.15) is 33.1 Å². The van der Waals surface area contributed by atoms with Crippen LogP contribution in [-0.4, -0.2) is 8.07 Å². The monoisotopic (exact) mass is 234 g/mol. The summed E-state index contributed by atoms with van der Waals surface area (Å²) in [6.07, 6.45) is 9.10. The van der Waals surface area contributed by atoms with E-state index in [0.29, 0.717) is 0 Å². The summed E-state index contributed by atoms with van der Waals surface area (Å²) >= 11 is 0. The molecule has 3 unspecified atom stereocenters. The fourth-order valence-corrected chi connectivity index (χ4v) is 5.25. The molecule has 0 spiro atoms. The van der Waals surface area contributed by atoms with Gasteiger partial charge in [-0.1, -0.05) is 56.3 Å². The molecule has 0 radical (unpaired) electrons. The van der Waals surface area contributed by atoms with Crippen molar-refractivity contribution in [2.24, 2.45) is 11.8 Å². The van der Waals surface area contributed by atoms with Gasteiger partial charge in [0.15, 0.2) is 0 Å². The van der Waals surface area contributed by atoms with Gasteiger partial charge in [0.1, 0.15) is 0 Å². The lowest BCUT2D eigenvalue weighted by molar-refractivity contribution is 0.371. The van der Waals surface area contributed by atoms with E-state index in [1.807, 2.05) is 0 Å². The summed E-state index contributed by atoms with van der Waals surface area (Å²) < 4.78 is 0. The molecule has 0 nitrogen and oxygen atoms in total. The molecular weight excluding hydrogens is 208 g/mol. The van der Waals surface area contributed by atoms with Crippen LogP contribution in [0.25, 0.3) is 0 Å². The van der Waals surface area contributed by atoms with Crippen LogP contribution in [-0.2, 0) is 0 Å². The van der Waals surface area contributed by atoms with Crippen LogP contribution < -0.4 is 0 Å². The highest BCUT2D eigenvalue weighted by molar-refractivity contribution is 6.77. The summed E-state index contributed by atoms with van der Waals surface area (Å²) in [5.74, 6) is 1.65.